The molecule has 1 aromatic heterocycles. The van der Waals surface area contributed by atoms with Crippen LogP contribution in [0.4, 0.5) is 0 Å². The van der Waals surface area contributed by atoms with Crippen LogP contribution in [0.25, 0.3) is 0 Å². The average Bonchev–Trinajstić information content (AvgIpc) is 2.90. The zero-order valence-electron chi connectivity index (χ0n) is 17.7. The van der Waals surface area contributed by atoms with Crippen molar-refractivity contribution in [1.82, 2.24) is 9.88 Å². The molecule has 0 aliphatic rings. The van der Waals surface area contributed by atoms with E-state index in [-0.39, 0.29) is 0 Å². The van der Waals surface area contributed by atoms with Gasteiger partial charge in [-0.3, -0.25) is 0 Å². The second-order valence-corrected chi connectivity index (χ2v) is 7.82. The highest BCUT2D eigenvalue weighted by molar-refractivity contribution is 5.91. The van der Waals surface area contributed by atoms with Gasteiger partial charge in [0.2, 0.25) is 0 Å². The SMILES string of the molecule is Cc1cccc(CCNCc2c(C(=O)O)c(C)n(Cc3cccc(C)c3)c2C)c1. The van der Waals surface area contributed by atoms with Gasteiger partial charge < -0.3 is 15.0 Å². The molecular weight excluding hydrogens is 360 g/mol. The zero-order chi connectivity index (χ0) is 21.0. The van der Waals surface area contributed by atoms with E-state index < -0.39 is 5.97 Å². The van der Waals surface area contributed by atoms with Crippen LogP contribution in [0.15, 0.2) is 48.5 Å². The van der Waals surface area contributed by atoms with Gasteiger partial charge in [0.05, 0.1) is 5.56 Å². The Hall–Kier alpha value is -2.85. The van der Waals surface area contributed by atoms with Crippen molar-refractivity contribution in [1.29, 1.82) is 0 Å². The Morgan fingerprint density at radius 1 is 0.931 bits per heavy atom. The number of rotatable bonds is 8. The molecule has 0 fully saturated rings. The summed E-state index contributed by atoms with van der Waals surface area (Å²) in [7, 11) is 0. The number of hydrogen-bond acceptors (Lipinski definition) is 2. The molecule has 0 spiro atoms. The summed E-state index contributed by atoms with van der Waals surface area (Å²) in [5.41, 5.74) is 8.08. The number of aromatic nitrogens is 1. The molecule has 3 aromatic rings. The summed E-state index contributed by atoms with van der Waals surface area (Å²) >= 11 is 0. The molecule has 29 heavy (non-hydrogen) atoms. The lowest BCUT2D eigenvalue weighted by molar-refractivity contribution is 0.0694. The maximum atomic E-state index is 12.0. The van der Waals surface area contributed by atoms with E-state index in [0.717, 1.165) is 29.9 Å². The molecule has 4 heteroatoms. The number of carbonyl (C=O) groups is 1. The minimum Gasteiger partial charge on any atom is -0.478 e. The number of carboxylic acids is 1. The summed E-state index contributed by atoms with van der Waals surface area (Å²) in [5.74, 6) is -0.857. The maximum Gasteiger partial charge on any atom is 0.337 e. The first-order valence-electron chi connectivity index (χ1n) is 10.1. The number of aryl methyl sites for hydroxylation is 2. The van der Waals surface area contributed by atoms with Crippen LogP contribution in [0, 0.1) is 27.7 Å². The van der Waals surface area contributed by atoms with E-state index in [1.54, 1.807) is 0 Å². The van der Waals surface area contributed by atoms with Gasteiger partial charge in [-0.05, 0) is 51.8 Å². The van der Waals surface area contributed by atoms with Crippen LogP contribution in [0.3, 0.4) is 0 Å². The lowest BCUT2D eigenvalue weighted by Gasteiger charge is -2.11. The van der Waals surface area contributed by atoms with E-state index in [4.69, 9.17) is 0 Å². The van der Waals surface area contributed by atoms with Crippen LogP contribution >= 0.6 is 0 Å². The minimum absolute atomic E-state index is 0.429. The molecule has 0 radical (unpaired) electrons. The van der Waals surface area contributed by atoms with Crippen LogP contribution in [0.1, 0.15) is 49.6 Å². The third-order valence-electron chi connectivity index (χ3n) is 5.52. The summed E-state index contributed by atoms with van der Waals surface area (Å²) in [6, 6.07) is 16.9. The predicted octanol–water partition coefficient (Wildman–Crippen LogP) is 4.80. The van der Waals surface area contributed by atoms with Crippen molar-refractivity contribution in [2.75, 3.05) is 6.54 Å². The van der Waals surface area contributed by atoms with E-state index in [1.807, 2.05) is 19.9 Å². The van der Waals surface area contributed by atoms with E-state index in [1.165, 1.54) is 22.3 Å². The van der Waals surface area contributed by atoms with Crippen LogP contribution < -0.4 is 5.32 Å². The molecule has 0 bridgehead atoms. The molecule has 3 rings (SSSR count). The van der Waals surface area contributed by atoms with Gasteiger partial charge in [-0.25, -0.2) is 4.79 Å². The quantitative estimate of drug-likeness (QED) is 0.543. The number of aromatic carboxylic acids is 1. The fourth-order valence-electron chi connectivity index (χ4n) is 3.99. The number of hydrogen-bond donors (Lipinski definition) is 2. The third-order valence-corrected chi connectivity index (χ3v) is 5.52. The zero-order valence-corrected chi connectivity index (χ0v) is 17.7. The molecule has 1 heterocycles. The van der Waals surface area contributed by atoms with E-state index in [9.17, 15) is 9.90 Å². The Morgan fingerprint density at radius 3 is 2.17 bits per heavy atom. The van der Waals surface area contributed by atoms with Crippen LogP contribution in [-0.4, -0.2) is 22.2 Å². The Kier molecular flexibility index (Phi) is 6.55. The van der Waals surface area contributed by atoms with Crippen molar-refractivity contribution in [3.8, 4) is 0 Å². The number of carboxylic acid groups (broad SMARTS) is 1. The minimum atomic E-state index is -0.857. The summed E-state index contributed by atoms with van der Waals surface area (Å²) in [6.07, 6.45) is 0.923. The second-order valence-electron chi connectivity index (χ2n) is 7.82. The fraction of sp³-hybridized carbons (Fsp3) is 0.320. The first kappa shape index (κ1) is 20.9. The smallest absolute Gasteiger partial charge is 0.337 e. The number of benzene rings is 2. The highest BCUT2D eigenvalue weighted by atomic mass is 16.4. The number of nitrogens with zero attached hydrogens (tertiary/aromatic N) is 1. The topological polar surface area (TPSA) is 54.3 Å². The van der Waals surface area contributed by atoms with Gasteiger partial charge >= 0.3 is 5.97 Å². The van der Waals surface area contributed by atoms with E-state index in [0.29, 0.717) is 18.7 Å². The van der Waals surface area contributed by atoms with Gasteiger partial charge in [0.1, 0.15) is 0 Å². The molecule has 0 aliphatic heterocycles. The molecule has 0 unspecified atom stereocenters. The van der Waals surface area contributed by atoms with Crippen molar-refractivity contribution in [3.63, 3.8) is 0 Å². The summed E-state index contributed by atoms with van der Waals surface area (Å²) < 4.78 is 2.12. The lowest BCUT2D eigenvalue weighted by Crippen LogP contribution is -2.18. The summed E-state index contributed by atoms with van der Waals surface area (Å²) in [4.78, 5) is 12.0. The normalized spacial score (nSPS) is 11.0. The van der Waals surface area contributed by atoms with Gasteiger partial charge in [-0.2, -0.15) is 0 Å². The maximum absolute atomic E-state index is 12.0. The van der Waals surface area contributed by atoms with E-state index in [2.05, 4.69) is 66.2 Å². The summed E-state index contributed by atoms with van der Waals surface area (Å²) in [5, 5.41) is 13.3. The van der Waals surface area contributed by atoms with Crippen molar-refractivity contribution in [2.24, 2.45) is 0 Å². The second kappa shape index (κ2) is 9.10. The van der Waals surface area contributed by atoms with Crippen LogP contribution in [-0.2, 0) is 19.5 Å². The van der Waals surface area contributed by atoms with E-state index >= 15 is 0 Å². The molecule has 0 amide bonds. The first-order chi connectivity index (χ1) is 13.9. The molecule has 2 N–H and O–H groups in total. The Labute approximate surface area is 173 Å². The van der Waals surface area contributed by atoms with Crippen molar-refractivity contribution >= 4 is 5.97 Å². The standard InChI is InChI=1S/C25H30N2O2/c1-17-7-5-9-21(13-17)11-12-26-15-23-19(3)27(20(4)24(23)25(28)29)16-22-10-6-8-18(2)14-22/h5-10,13-14,26H,11-12,15-16H2,1-4H3,(H,28,29). The molecule has 0 saturated heterocycles. The van der Waals surface area contributed by atoms with Gasteiger partial charge in [0.25, 0.3) is 0 Å². The Morgan fingerprint density at radius 2 is 1.55 bits per heavy atom. The largest absolute Gasteiger partial charge is 0.478 e. The Balaban J connectivity index is 1.76. The third kappa shape index (κ3) is 4.96. The molecule has 0 saturated carbocycles. The van der Waals surface area contributed by atoms with Gasteiger partial charge in [0, 0.05) is 30.0 Å². The van der Waals surface area contributed by atoms with Gasteiger partial charge in [0.15, 0.2) is 0 Å². The van der Waals surface area contributed by atoms with Gasteiger partial charge in [-0.15, -0.1) is 0 Å². The monoisotopic (exact) mass is 390 g/mol. The highest BCUT2D eigenvalue weighted by Crippen LogP contribution is 2.24. The fourth-order valence-corrected chi connectivity index (χ4v) is 3.99. The molecule has 4 nitrogen and oxygen atoms in total. The molecule has 152 valence electrons. The molecule has 2 aromatic carbocycles. The summed E-state index contributed by atoms with van der Waals surface area (Å²) in [6.45, 7) is 10.1. The van der Waals surface area contributed by atoms with Crippen molar-refractivity contribution < 1.29 is 9.90 Å². The van der Waals surface area contributed by atoms with Crippen LogP contribution in [0.2, 0.25) is 0 Å². The molecule has 0 atom stereocenters. The van der Waals surface area contributed by atoms with Crippen LogP contribution in [0.5, 0.6) is 0 Å². The number of nitrogens with one attached hydrogen (secondary N) is 1. The lowest BCUT2D eigenvalue weighted by atomic mass is 10.1. The highest BCUT2D eigenvalue weighted by Gasteiger charge is 2.22. The molecular formula is C25H30N2O2. The Bertz CT molecular complexity index is 1020. The molecule has 0 aliphatic carbocycles. The average molecular weight is 391 g/mol. The van der Waals surface area contributed by atoms with Crippen molar-refractivity contribution in [2.45, 2.75) is 47.2 Å². The van der Waals surface area contributed by atoms with Crippen molar-refractivity contribution in [3.05, 3.63) is 93.3 Å². The predicted molar refractivity (Wildman–Crippen MR) is 118 cm³/mol. The first-order valence-corrected chi connectivity index (χ1v) is 10.1. The van der Waals surface area contributed by atoms with Gasteiger partial charge in [-0.1, -0.05) is 59.7 Å².